The highest BCUT2D eigenvalue weighted by Gasteiger charge is 2.29. The molecule has 1 fully saturated rings. The Kier molecular flexibility index (Phi) is 3.63. The van der Waals surface area contributed by atoms with Gasteiger partial charge in [-0.15, -0.1) is 0 Å². The van der Waals surface area contributed by atoms with Crippen molar-refractivity contribution in [3.63, 3.8) is 0 Å². The third kappa shape index (κ3) is 2.58. The maximum Gasteiger partial charge on any atom is 0.314 e. The van der Waals surface area contributed by atoms with Crippen molar-refractivity contribution in [2.45, 2.75) is 17.9 Å². The van der Waals surface area contributed by atoms with Crippen molar-refractivity contribution in [3.05, 3.63) is 38.9 Å². The van der Waals surface area contributed by atoms with Gasteiger partial charge in [0, 0.05) is 13.1 Å². The summed E-state index contributed by atoms with van der Waals surface area (Å²) in [6, 6.07) is 4.22. The average Bonchev–Trinajstić information content (AvgIpc) is 2.48. The van der Waals surface area contributed by atoms with Crippen LogP contribution in [0.25, 0.3) is 11.0 Å². The van der Waals surface area contributed by atoms with E-state index in [0.717, 1.165) is 0 Å². The zero-order valence-corrected chi connectivity index (χ0v) is 12.6. The van der Waals surface area contributed by atoms with Gasteiger partial charge in [0.05, 0.1) is 28.6 Å². The Labute approximate surface area is 125 Å². The van der Waals surface area contributed by atoms with E-state index < -0.39 is 21.1 Å². The van der Waals surface area contributed by atoms with Crippen molar-refractivity contribution in [1.29, 1.82) is 0 Å². The molecule has 0 spiro atoms. The number of rotatable bonds is 2. The maximum atomic E-state index is 12.6. The molecule has 0 aliphatic carbocycles. The molecular weight excluding hydrogens is 310 g/mol. The summed E-state index contributed by atoms with van der Waals surface area (Å²) in [4.78, 5) is 27.5. The Bertz CT molecular complexity index is 931. The first-order valence-electron chi connectivity index (χ1n) is 6.76. The van der Waals surface area contributed by atoms with Gasteiger partial charge < -0.3 is 14.7 Å². The first-order chi connectivity index (χ1) is 10.4. The summed E-state index contributed by atoms with van der Waals surface area (Å²) in [5, 5.41) is 0. The van der Waals surface area contributed by atoms with Crippen LogP contribution in [0.2, 0.25) is 0 Å². The number of hydrogen-bond donors (Lipinski definition) is 2. The van der Waals surface area contributed by atoms with Crippen LogP contribution in [0.5, 0.6) is 0 Å². The van der Waals surface area contributed by atoms with Gasteiger partial charge >= 0.3 is 11.1 Å². The zero-order chi connectivity index (χ0) is 15.9. The summed E-state index contributed by atoms with van der Waals surface area (Å²) in [5.74, 6) is 0. The van der Waals surface area contributed by atoms with E-state index in [1.54, 1.807) is 0 Å². The average molecular weight is 325 g/mol. The van der Waals surface area contributed by atoms with Crippen LogP contribution in [-0.2, 0) is 14.8 Å². The predicted molar refractivity (Wildman–Crippen MR) is 79.4 cm³/mol. The summed E-state index contributed by atoms with van der Waals surface area (Å²) < 4.78 is 32.0. The second kappa shape index (κ2) is 5.34. The molecule has 22 heavy (non-hydrogen) atoms. The molecule has 0 amide bonds. The van der Waals surface area contributed by atoms with Crippen molar-refractivity contribution >= 4 is 21.1 Å². The molecule has 0 saturated carbocycles. The molecule has 2 aromatic rings. The number of hydrogen-bond acceptors (Lipinski definition) is 5. The van der Waals surface area contributed by atoms with Gasteiger partial charge in [-0.05, 0) is 25.1 Å². The highest BCUT2D eigenvalue weighted by atomic mass is 32.2. The lowest BCUT2D eigenvalue weighted by atomic mass is 10.3. The van der Waals surface area contributed by atoms with Crippen LogP contribution >= 0.6 is 0 Å². The van der Waals surface area contributed by atoms with Gasteiger partial charge in [-0.1, -0.05) is 0 Å². The molecule has 1 aliphatic rings. The van der Waals surface area contributed by atoms with Crippen LogP contribution in [0.4, 0.5) is 0 Å². The number of nitrogens with zero attached hydrogens (tertiary/aromatic N) is 1. The van der Waals surface area contributed by atoms with Crippen LogP contribution in [-0.4, -0.2) is 48.5 Å². The zero-order valence-electron chi connectivity index (χ0n) is 11.8. The lowest BCUT2D eigenvalue weighted by molar-refractivity contribution is 0.0102. The van der Waals surface area contributed by atoms with Gasteiger partial charge in [-0.25, -0.2) is 8.42 Å². The summed E-state index contributed by atoms with van der Waals surface area (Å²) in [5.41, 5.74) is -0.946. The molecular formula is C13H15N3O5S. The summed E-state index contributed by atoms with van der Waals surface area (Å²) in [7, 11) is -3.67. The molecule has 1 saturated heterocycles. The fourth-order valence-corrected chi connectivity index (χ4v) is 3.93. The quantitative estimate of drug-likeness (QED) is 0.731. The lowest BCUT2D eigenvalue weighted by Gasteiger charge is -2.30. The molecule has 0 radical (unpaired) electrons. The van der Waals surface area contributed by atoms with E-state index in [1.165, 1.54) is 22.5 Å². The second-order valence-electron chi connectivity index (χ2n) is 5.16. The van der Waals surface area contributed by atoms with Crippen LogP contribution in [0.15, 0.2) is 32.7 Å². The molecule has 8 nitrogen and oxygen atoms in total. The molecule has 1 aromatic carbocycles. The lowest BCUT2D eigenvalue weighted by Crippen LogP contribution is -2.44. The van der Waals surface area contributed by atoms with Gasteiger partial charge in [0.25, 0.3) is 0 Å². The standard InChI is InChI=1S/C13H15N3O5S/c1-8-7-16(4-5-21-8)22(19,20)9-2-3-10-11(6-9)15-13(18)12(17)14-10/h2-3,6,8H,4-5,7H2,1H3,(H,14,17)(H,15,18). The molecule has 9 heteroatoms. The largest absolute Gasteiger partial charge is 0.376 e. The van der Waals surface area contributed by atoms with E-state index in [-0.39, 0.29) is 29.6 Å². The van der Waals surface area contributed by atoms with Crippen LogP contribution in [0.3, 0.4) is 0 Å². The number of H-pyrrole nitrogens is 2. The van der Waals surface area contributed by atoms with Crippen LogP contribution in [0, 0.1) is 0 Å². The van der Waals surface area contributed by atoms with E-state index in [4.69, 9.17) is 4.74 Å². The number of benzene rings is 1. The molecule has 0 bridgehead atoms. The van der Waals surface area contributed by atoms with Gasteiger partial charge in [0.2, 0.25) is 10.0 Å². The Hall–Kier alpha value is -1.97. The summed E-state index contributed by atoms with van der Waals surface area (Å²) in [6.07, 6.45) is -0.167. The molecule has 2 N–H and O–H groups in total. The van der Waals surface area contributed by atoms with E-state index in [2.05, 4.69) is 9.97 Å². The molecule has 3 rings (SSSR count). The van der Waals surface area contributed by atoms with Crippen molar-refractivity contribution in [1.82, 2.24) is 14.3 Å². The smallest absolute Gasteiger partial charge is 0.314 e. The predicted octanol–water partition coefficient (Wildman–Crippen LogP) is -0.374. The maximum absolute atomic E-state index is 12.6. The van der Waals surface area contributed by atoms with E-state index in [1.807, 2.05) is 6.92 Å². The molecule has 118 valence electrons. The van der Waals surface area contributed by atoms with Crippen molar-refractivity contribution < 1.29 is 13.2 Å². The highest BCUT2D eigenvalue weighted by Crippen LogP contribution is 2.21. The molecule has 1 aliphatic heterocycles. The third-order valence-electron chi connectivity index (χ3n) is 3.54. The Morgan fingerprint density at radius 3 is 2.55 bits per heavy atom. The summed E-state index contributed by atoms with van der Waals surface area (Å²) in [6.45, 7) is 2.72. The minimum absolute atomic E-state index is 0.0665. The minimum atomic E-state index is -3.67. The molecule has 1 unspecified atom stereocenters. The number of nitrogens with one attached hydrogen (secondary N) is 2. The fourth-order valence-electron chi connectivity index (χ4n) is 2.41. The SMILES string of the molecule is CC1CN(S(=O)(=O)c2ccc3[nH]c(=O)c(=O)[nH]c3c2)CCO1. The Morgan fingerprint density at radius 2 is 1.86 bits per heavy atom. The first kappa shape index (κ1) is 14.9. The molecule has 1 atom stereocenters. The normalized spacial score (nSPS) is 20.3. The fraction of sp³-hybridized carbons (Fsp3) is 0.385. The molecule has 2 heterocycles. The van der Waals surface area contributed by atoms with E-state index in [9.17, 15) is 18.0 Å². The number of morpholine rings is 1. The van der Waals surface area contributed by atoms with E-state index >= 15 is 0 Å². The van der Waals surface area contributed by atoms with Crippen LogP contribution in [0.1, 0.15) is 6.92 Å². The van der Waals surface area contributed by atoms with Crippen molar-refractivity contribution in [3.8, 4) is 0 Å². The number of aromatic amines is 2. The Balaban J connectivity index is 2.07. The van der Waals surface area contributed by atoms with Crippen molar-refractivity contribution in [2.24, 2.45) is 0 Å². The van der Waals surface area contributed by atoms with Gasteiger partial charge in [-0.2, -0.15) is 4.31 Å². The van der Waals surface area contributed by atoms with Gasteiger partial charge in [0.15, 0.2) is 0 Å². The second-order valence-corrected chi connectivity index (χ2v) is 7.10. The topological polar surface area (TPSA) is 112 Å². The minimum Gasteiger partial charge on any atom is -0.376 e. The molecule has 1 aromatic heterocycles. The van der Waals surface area contributed by atoms with Crippen molar-refractivity contribution in [2.75, 3.05) is 19.7 Å². The Morgan fingerprint density at radius 1 is 1.18 bits per heavy atom. The first-order valence-corrected chi connectivity index (χ1v) is 8.20. The number of sulfonamides is 1. The summed E-state index contributed by atoms with van der Waals surface area (Å²) >= 11 is 0. The monoisotopic (exact) mass is 325 g/mol. The number of fused-ring (bicyclic) bond motifs is 1. The van der Waals surface area contributed by atoms with Gasteiger partial charge in [-0.3, -0.25) is 9.59 Å². The van der Waals surface area contributed by atoms with E-state index in [0.29, 0.717) is 12.1 Å². The van der Waals surface area contributed by atoms with Gasteiger partial charge in [0.1, 0.15) is 0 Å². The number of ether oxygens (including phenoxy) is 1. The highest BCUT2D eigenvalue weighted by molar-refractivity contribution is 7.89. The number of aromatic nitrogens is 2. The third-order valence-corrected chi connectivity index (χ3v) is 5.40. The van der Waals surface area contributed by atoms with Crippen LogP contribution < -0.4 is 11.1 Å².